The number of para-hydroxylation sites is 1. The monoisotopic (exact) mass is 272 g/mol. The molecule has 104 valence electrons. The summed E-state index contributed by atoms with van der Waals surface area (Å²) in [7, 11) is 0. The minimum absolute atomic E-state index is 0.207. The molecule has 0 saturated heterocycles. The Balaban J connectivity index is 2.57. The zero-order valence-corrected chi connectivity index (χ0v) is 11.4. The first-order valence-electron chi connectivity index (χ1n) is 6.32. The van der Waals surface area contributed by atoms with E-state index in [1.165, 1.54) is 17.8 Å². The molecule has 0 aliphatic carbocycles. The molecule has 0 spiro atoms. The van der Waals surface area contributed by atoms with Crippen LogP contribution in [-0.2, 0) is 4.79 Å². The summed E-state index contributed by atoms with van der Waals surface area (Å²) in [6.45, 7) is 3.89. The van der Waals surface area contributed by atoms with Gasteiger partial charge in [0.25, 0.3) is 5.56 Å². The Morgan fingerprint density at radius 1 is 1.30 bits per heavy atom. The summed E-state index contributed by atoms with van der Waals surface area (Å²) >= 11 is 0. The summed E-state index contributed by atoms with van der Waals surface area (Å²) in [5, 5.41) is 9.70. The van der Waals surface area contributed by atoms with Gasteiger partial charge in [-0.1, -0.05) is 18.2 Å². The zero-order chi connectivity index (χ0) is 14.5. The molecule has 2 N–H and O–H groups in total. The first kappa shape index (κ1) is 13.8. The van der Waals surface area contributed by atoms with Crippen molar-refractivity contribution >= 4 is 17.3 Å². The van der Waals surface area contributed by atoms with Crippen LogP contribution >= 0.6 is 0 Å². The van der Waals surface area contributed by atoms with Gasteiger partial charge < -0.3 is 10.6 Å². The second kappa shape index (κ2) is 6.01. The molecule has 1 aromatic heterocycles. The highest BCUT2D eigenvalue weighted by Crippen LogP contribution is 2.16. The van der Waals surface area contributed by atoms with Crippen molar-refractivity contribution in [2.75, 3.05) is 17.2 Å². The average Bonchev–Trinajstić information content (AvgIpc) is 2.44. The van der Waals surface area contributed by atoms with Gasteiger partial charge in [0.05, 0.1) is 17.6 Å². The maximum atomic E-state index is 12.4. The highest BCUT2D eigenvalue weighted by molar-refractivity contribution is 5.92. The molecule has 0 saturated carbocycles. The highest BCUT2D eigenvalue weighted by atomic mass is 16.2. The molecule has 0 atom stereocenters. The Kier molecular flexibility index (Phi) is 4.14. The zero-order valence-electron chi connectivity index (χ0n) is 11.4. The van der Waals surface area contributed by atoms with Crippen molar-refractivity contribution in [1.29, 1.82) is 0 Å². The molecule has 0 aliphatic heterocycles. The summed E-state index contributed by atoms with van der Waals surface area (Å²) in [4.78, 5) is 23.7. The van der Waals surface area contributed by atoms with Gasteiger partial charge in [0.2, 0.25) is 5.91 Å². The smallest absolute Gasteiger partial charge is 0.297 e. The van der Waals surface area contributed by atoms with E-state index in [0.717, 1.165) is 0 Å². The topological polar surface area (TPSA) is 76.0 Å². The van der Waals surface area contributed by atoms with E-state index in [1.807, 2.05) is 25.1 Å². The van der Waals surface area contributed by atoms with Gasteiger partial charge in [-0.05, 0) is 19.1 Å². The lowest BCUT2D eigenvalue weighted by Crippen LogP contribution is -2.27. The molecule has 1 amide bonds. The molecule has 1 heterocycles. The molecule has 0 aliphatic rings. The number of anilines is 2. The van der Waals surface area contributed by atoms with Crippen molar-refractivity contribution in [1.82, 2.24) is 9.78 Å². The SMILES string of the molecule is CCNc1cnn(-c2ccccc2)c(=O)c1NC(C)=O. The maximum absolute atomic E-state index is 12.4. The number of hydrogen-bond acceptors (Lipinski definition) is 4. The van der Waals surface area contributed by atoms with Crippen molar-refractivity contribution in [3.8, 4) is 5.69 Å². The van der Waals surface area contributed by atoms with E-state index in [-0.39, 0.29) is 17.2 Å². The molecular formula is C14H16N4O2. The molecule has 20 heavy (non-hydrogen) atoms. The molecule has 0 fully saturated rings. The van der Waals surface area contributed by atoms with E-state index >= 15 is 0 Å². The number of nitrogens with zero attached hydrogens (tertiary/aromatic N) is 2. The van der Waals surface area contributed by atoms with Crippen molar-refractivity contribution in [2.45, 2.75) is 13.8 Å². The molecule has 2 aromatic rings. The largest absolute Gasteiger partial charge is 0.382 e. The number of benzene rings is 1. The van der Waals surface area contributed by atoms with Gasteiger partial charge in [0, 0.05) is 13.5 Å². The molecule has 1 aromatic carbocycles. The number of hydrogen-bond donors (Lipinski definition) is 2. The first-order valence-corrected chi connectivity index (χ1v) is 6.32. The van der Waals surface area contributed by atoms with Crippen LogP contribution in [0.3, 0.4) is 0 Å². The van der Waals surface area contributed by atoms with Gasteiger partial charge in [-0.3, -0.25) is 9.59 Å². The average molecular weight is 272 g/mol. The van der Waals surface area contributed by atoms with Crippen molar-refractivity contribution < 1.29 is 4.79 Å². The molecule has 0 radical (unpaired) electrons. The van der Waals surface area contributed by atoms with E-state index in [4.69, 9.17) is 0 Å². The summed E-state index contributed by atoms with van der Waals surface area (Å²) in [5.74, 6) is -0.299. The number of nitrogens with one attached hydrogen (secondary N) is 2. The van der Waals surface area contributed by atoms with Gasteiger partial charge in [-0.25, -0.2) is 0 Å². The fraction of sp³-hybridized carbons (Fsp3) is 0.214. The summed E-state index contributed by atoms with van der Waals surface area (Å²) < 4.78 is 1.26. The summed E-state index contributed by atoms with van der Waals surface area (Å²) in [6, 6.07) is 9.05. The van der Waals surface area contributed by atoms with Gasteiger partial charge in [-0.2, -0.15) is 9.78 Å². The number of rotatable bonds is 4. The summed E-state index contributed by atoms with van der Waals surface area (Å²) in [6.07, 6.45) is 1.53. The lowest BCUT2D eigenvalue weighted by Gasteiger charge is -2.12. The predicted molar refractivity (Wildman–Crippen MR) is 78.3 cm³/mol. The second-order valence-electron chi connectivity index (χ2n) is 4.20. The van der Waals surface area contributed by atoms with Crippen LogP contribution in [0.25, 0.3) is 5.69 Å². The van der Waals surface area contributed by atoms with E-state index in [0.29, 0.717) is 17.9 Å². The number of carbonyl (C=O) groups is 1. The highest BCUT2D eigenvalue weighted by Gasteiger charge is 2.13. The fourth-order valence-corrected chi connectivity index (χ4v) is 1.83. The van der Waals surface area contributed by atoms with E-state index in [9.17, 15) is 9.59 Å². The lowest BCUT2D eigenvalue weighted by molar-refractivity contribution is -0.114. The minimum atomic E-state index is -0.371. The lowest BCUT2D eigenvalue weighted by atomic mass is 10.3. The third-order valence-corrected chi connectivity index (χ3v) is 2.65. The second-order valence-corrected chi connectivity index (χ2v) is 4.20. The first-order chi connectivity index (χ1) is 9.63. The van der Waals surface area contributed by atoms with Gasteiger partial charge in [0.1, 0.15) is 5.69 Å². The van der Waals surface area contributed by atoms with Crippen LogP contribution in [-0.4, -0.2) is 22.2 Å². The third kappa shape index (κ3) is 2.85. The van der Waals surface area contributed by atoms with Gasteiger partial charge in [0.15, 0.2) is 0 Å². The van der Waals surface area contributed by atoms with Crippen LogP contribution in [0.1, 0.15) is 13.8 Å². The Hall–Kier alpha value is -2.63. The Morgan fingerprint density at radius 2 is 2.00 bits per heavy atom. The standard InChI is InChI=1S/C14H16N4O2/c1-3-15-12-9-16-18(11-7-5-4-6-8-11)14(20)13(12)17-10(2)19/h4-9,15H,3H2,1-2H3,(H,17,19). The van der Waals surface area contributed by atoms with Crippen LogP contribution in [0, 0.1) is 0 Å². The van der Waals surface area contributed by atoms with Crippen molar-refractivity contribution in [3.63, 3.8) is 0 Å². The molecule has 0 unspecified atom stereocenters. The van der Waals surface area contributed by atoms with Gasteiger partial charge >= 0.3 is 0 Å². The molecule has 2 rings (SSSR count). The Labute approximate surface area is 116 Å². The quantitative estimate of drug-likeness (QED) is 0.886. The maximum Gasteiger partial charge on any atom is 0.297 e. The van der Waals surface area contributed by atoms with Crippen LogP contribution in [0.15, 0.2) is 41.3 Å². The Bertz CT molecular complexity index is 665. The predicted octanol–water partition coefficient (Wildman–Crippen LogP) is 1.62. The van der Waals surface area contributed by atoms with Crippen LogP contribution in [0.5, 0.6) is 0 Å². The molecule has 6 nitrogen and oxygen atoms in total. The van der Waals surface area contributed by atoms with Gasteiger partial charge in [-0.15, -0.1) is 0 Å². The summed E-state index contributed by atoms with van der Waals surface area (Å²) in [5.41, 5.74) is 0.995. The number of carbonyl (C=O) groups excluding carboxylic acids is 1. The molecular weight excluding hydrogens is 256 g/mol. The van der Waals surface area contributed by atoms with Crippen molar-refractivity contribution in [3.05, 3.63) is 46.9 Å². The molecule has 6 heteroatoms. The van der Waals surface area contributed by atoms with E-state index in [2.05, 4.69) is 15.7 Å². The third-order valence-electron chi connectivity index (χ3n) is 2.65. The molecule has 0 bridgehead atoms. The van der Waals surface area contributed by atoms with Crippen LogP contribution in [0.2, 0.25) is 0 Å². The normalized spacial score (nSPS) is 10.1. The van der Waals surface area contributed by atoms with E-state index < -0.39 is 0 Å². The van der Waals surface area contributed by atoms with Crippen molar-refractivity contribution in [2.24, 2.45) is 0 Å². The van der Waals surface area contributed by atoms with E-state index in [1.54, 1.807) is 12.1 Å². The van der Waals surface area contributed by atoms with Crippen LogP contribution in [0.4, 0.5) is 11.4 Å². The number of amides is 1. The van der Waals surface area contributed by atoms with Crippen LogP contribution < -0.4 is 16.2 Å². The Morgan fingerprint density at radius 3 is 2.60 bits per heavy atom. The fourth-order valence-electron chi connectivity index (χ4n) is 1.83. The number of aromatic nitrogens is 2. The minimum Gasteiger partial charge on any atom is -0.382 e.